The Bertz CT molecular complexity index is 824. The number of aryl methyl sites for hydroxylation is 1. The van der Waals surface area contributed by atoms with Gasteiger partial charge in [-0.15, -0.1) is 0 Å². The molecule has 154 valence electrons. The molecule has 0 spiro atoms. The Morgan fingerprint density at radius 3 is 2.48 bits per heavy atom. The molecule has 0 heterocycles. The molecule has 0 saturated heterocycles. The Morgan fingerprint density at radius 1 is 1.00 bits per heavy atom. The number of hydrogen-bond donors (Lipinski definition) is 2. The van der Waals surface area contributed by atoms with E-state index in [4.69, 9.17) is 4.74 Å². The largest absolute Gasteiger partial charge is 0.454 e. The third-order valence-electron chi connectivity index (χ3n) is 4.23. The average Bonchev–Trinajstić information content (AvgIpc) is 2.74. The van der Waals surface area contributed by atoms with Crippen LogP contribution in [0.2, 0.25) is 0 Å². The molecule has 0 radical (unpaired) electrons. The molecule has 2 rings (SSSR count). The topological polar surface area (TPSA) is 87.7 Å². The van der Waals surface area contributed by atoms with Crippen molar-refractivity contribution < 1.29 is 19.1 Å². The van der Waals surface area contributed by atoms with E-state index in [0.29, 0.717) is 12.1 Å². The Morgan fingerprint density at radius 2 is 1.76 bits per heavy atom. The number of ether oxygens (including phenoxy) is 1. The summed E-state index contributed by atoms with van der Waals surface area (Å²) >= 11 is 0. The number of amides is 2. The monoisotopic (exact) mass is 397 g/mol. The van der Waals surface area contributed by atoms with E-state index in [-0.39, 0.29) is 25.0 Å². The summed E-state index contributed by atoms with van der Waals surface area (Å²) in [5, 5.41) is 5.19. The van der Waals surface area contributed by atoms with Crippen LogP contribution in [0.5, 0.6) is 0 Å². The number of nitrogens with zero attached hydrogens (tertiary/aromatic N) is 1. The van der Waals surface area contributed by atoms with E-state index in [1.807, 2.05) is 50.4 Å². The van der Waals surface area contributed by atoms with E-state index in [1.165, 1.54) is 0 Å². The smallest absolute Gasteiger partial charge is 0.325 e. The van der Waals surface area contributed by atoms with Crippen molar-refractivity contribution >= 4 is 23.5 Å². The molecule has 0 aliphatic rings. The minimum Gasteiger partial charge on any atom is -0.454 e. The highest BCUT2D eigenvalue weighted by Gasteiger charge is 2.11. The van der Waals surface area contributed by atoms with Crippen LogP contribution in [0.25, 0.3) is 0 Å². The molecule has 0 saturated carbocycles. The molecule has 0 aliphatic heterocycles. The molecular formula is C22H27N3O4. The van der Waals surface area contributed by atoms with Gasteiger partial charge >= 0.3 is 5.97 Å². The van der Waals surface area contributed by atoms with Gasteiger partial charge in [0.25, 0.3) is 11.8 Å². The number of carbonyl (C=O) groups excluding carboxylic acids is 3. The minimum absolute atomic E-state index is 0.290. The second-order valence-corrected chi connectivity index (χ2v) is 6.67. The number of nitrogens with one attached hydrogen (secondary N) is 2. The van der Waals surface area contributed by atoms with Crippen LogP contribution in [-0.2, 0) is 14.3 Å². The Labute approximate surface area is 171 Å². The van der Waals surface area contributed by atoms with E-state index >= 15 is 0 Å². The van der Waals surface area contributed by atoms with Gasteiger partial charge in [-0.3, -0.25) is 14.4 Å². The van der Waals surface area contributed by atoms with Crippen molar-refractivity contribution in [3.63, 3.8) is 0 Å². The van der Waals surface area contributed by atoms with Crippen LogP contribution in [0, 0.1) is 6.92 Å². The van der Waals surface area contributed by atoms with Crippen LogP contribution in [0.1, 0.15) is 22.3 Å². The first-order chi connectivity index (χ1) is 14.0. The van der Waals surface area contributed by atoms with Crippen LogP contribution in [0.3, 0.4) is 0 Å². The highest BCUT2D eigenvalue weighted by atomic mass is 16.5. The second-order valence-electron chi connectivity index (χ2n) is 6.67. The van der Waals surface area contributed by atoms with Gasteiger partial charge in [-0.1, -0.05) is 35.9 Å². The first kappa shape index (κ1) is 21.9. The molecule has 7 heteroatoms. The molecule has 2 aromatic carbocycles. The number of hydrogen-bond acceptors (Lipinski definition) is 5. The molecule has 2 N–H and O–H groups in total. The number of carbonyl (C=O) groups is 3. The lowest BCUT2D eigenvalue weighted by molar-refractivity contribution is -0.147. The zero-order valence-corrected chi connectivity index (χ0v) is 16.8. The van der Waals surface area contributed by atoms with Crippen LogP contribution >= 0.6 is 0 Å². The van der Waals surface area contributed by atoms with Crippen molar-refractivity contribution in [3.05, 3.63) is 65.7 Å². The van der Waals surface area contributed by atoms with Gasteiger partial charge in [0.2, 0.25) is 0 Å². The predicted molar refractivity (Wildman–Crippen MR) is 112 cm³/mol. The fourth-order valence-electron chi connectivity index (χ4n) is 2.64. The van der Waals surface area contributed by atoms with E-state index in [2.05, 4.69) is 15.5 Å². The van der Waals surface area contributed by atoms with Gasteiger partial charge in [-0.05, 0) is 37.6 Å². The van der Waals surface area contributed by atoms with E-state index in [0.717, 1.165) is 24.2 Å². The maximum Gasteiger partial charge on any atom is 0.325 e. The quantitative estimate of drug-likeness (QED) is 0.472. The highest BCUT2D eigenvalue weighted by Crippen LogP contribution is 2.10. The maximum atomic E-state index is 12.0. The Balaban J connectivity index is 1.57. The summed E-state index contributed by atoms with van der Waals surface area (Å²) < 4.78 is 4.89. The summed E-state index contributed by atoms with van der Waals surface area (Å²) in [7, 11) is 1.99. The van der Waals surface area contributed by atoms with Crippen LogP contribution in [0.4, 0.5) is 5.69 Å². The van der Waals surface area contributed by atoms with Crippen LogP contribution in [0.15, 0.2) is 54.6 Å². The average molecular weight is 397 g/mol. The number of rotatable bonds is 10. The third kappa shape index (κ3) is 8.04. The molecule has 2 amide bonds. The molecule has 7 nitrogen and oxygen atoms in total. The van der Waals surface area contributed by atoms with Crippen molar-refractivity contribution in [2.75, 3.05) is 38.2 Å². The summed E-state index contributed by atoms with van der Waals surface area (Å²) in [6.45, 7) is 2.49. The molecule has 0 aliphatic carbocycles. The lowest BCUT2D eigenvalue weighted by Gasteiger charge is -2.19. The Hall–Kier alpha value is -3.35. The Kier molecular flexibility index (Phi) is 8.69. The molecule has 0 unspecified atom stereocenters. The van der Waals surface area contributed by atoms with E-state index in [1.54, 1.807) is 18.2 Å². The van der Waals surface area contributed by atoms with Crippen LogP contribution < -0.4 is 15.5 Å². The number of esters is 1. The summed E-state index contributed by atoms with van der Waals surface area (Å²) in [6.07, 6.45) is 0.762. The van der Waals surface area contributed by atoms with Gasteiger partial charge in [0.1, 0.15) is 6.54 Å². The van der Waals surface area contributed by atoms with Gasteiger partial charge in [0.05, 0.1) is 0 Å². The zero-order chi connectivity index (χ0) is 21.1. The van der Waals surface area contributed by atoms with Crippen LogP contribution in [-0.4, -0.2) is 51.1 Å². The van der Waals surface area contributed by atoms with Gasteiger partial charge in [-0.2, -0.15) is 0 Å². The molecular weight excluding hydrogens is 370 g/mol. The fraction of sp³-hybridized carbons (Fsp3) is 0.318. The highest BCUT2D eigenvalue weighted by molar-refractivity contribution is 5.96. The van der Waals surface area contributed by atoms with Gasteiger partial charge in [0, 0.05) is 31.4 Å². The summed E-state index contributed by atoms with van der Waals surface area (Å²) in [5.41, 5.74) is 2.53. The fourth-order valence-corrected chi connectivity index (χ4v) is 2.64. The summed E-state index contributed by atoms with van der Waals surface area (Å²) in [4.78, 5) is 37.5. The van der Waals surface area contributed by atoms with Gasteiger partial charge in [0.15, 0.2) is 6.61 Å². The summed E-state index contributed by atoms with van der Waals surface area (Å²) in [5.74, 6) is -1.40. The third-order valence-corrected chi connectivity index (χ3v) is 4.23. The molecule has 29 heavy (non-hydrogen) atoms. The molecule has 0 bridgehead atoms. The number of anilines is 1. The molecule has 0 atom stereocenters. The predicted octanol–water partition coefficient (Wildman–Crippen LogP) is 1.91. The number of para-hydroxylation sites is 1. The lowest BCUT2D eigenvalue weighted by atomic mass is 10.1. The van der Waals surface area contributed by atoms with Gasteiger partial charge in [-0.25, -0.2) is 0 Å². The van der Waals surface area contributed by atoms with Gasteiger partial charge < -0.3 is 20.3 Å². The van der Waals surface area contributed by atoms with Crippen molar-refractivity contribution in [2.24, 2.45) is 0 Å². The molecule has 0 fully saturated rings. The first-order valence-electron chi connectivity index (χ1n) is 9.49. The van der Waals surface area contributed by atoms with E-state index in [9.17, 15) is 14.4 Å². The summed E-state index contributed by atoms with van der Waals surface area (Å²) in [6, 6.07) is 17.0. The maximum absolute atomic E-state index is 12.0. The number of benzene rings is 2. The normalized spacial score (nSPS) is 10.1. The standard InChI is InChI=1S/C22H27N3O4/c1-17-8-6-9-18(14-17)22(28)24-15-21(27)29-16-20(26)23-12-7-13-25(2)19-10-4-3-5-11-19/h3-6,8-11,14H,7,12-13,15-16H2,1-2H3,(H,23,26)(H,24,28). The van der Waals surface area contributed by atoms with Crippen molar-refractivity contribution in [1.29, 1.82) is 0 Å². The zero-order valence-electron chi connectivity index (χ0n) is 16.8. The van der Waals surface area contributed by atoms with Crippen molar-refractivity contribution in [2.45, 2.75) is 13.3 Å². The van der Waals surface area contributed by atoms with E-state index < -0.39 is 5.97 Å². The van der Waals surface area contributed by atoms with Crippen molar-refractivity contribution in [1.82, 2.24) is 10.6 Å². The minimum atomic E-state index is -0.662. The second kappa shape index (κ2) is 11.5. The molecule has 0 aromatic heterocycles. The lowest BCUT2D eigenvalue weighted by Crippen LogP contribution is -2.34. The first-order valence-corrected chi connectivity index (χ1v) is 9.49. The van der Waals surface area contributed by atoms with Crippen molar-refractivity contribution in [3.8, 4) is 0 Å². The SMILES string of the molecule is Cc1cccc(C(=O)NCC(=O)OCC(=O)NCCCN(C)c2ccccc2)c1. The molecule has 2 aromatic rings.